The molecule has 1 atom stereocenters. The van der Waals surface area contributed by atoms with Gasteiger partial charge in [-0.15, -0.1) is 0 Å². The van der Waals surface area contributed by atoms with E-state index in [1.807, 2.05) is 48.0 Å². The number of piperidine rings is 1. The van der Waals surface area contributed by atoms with Crippen LogP contribution in [0.3, 0.4) is 0 Å². The molecule has 1 aliphatic carbocycles. The second kappa shape index (κ2) is 10.3. The minimum Gasteiger partial charge on any atom is -0.465 e. The highest BCUT2D eigenvalue weighted by molar-refractivity contribution is 5.96. The highest BCUT2D eigenvalue weighted by atomic mass is 16.5. The Morgan fingerprint density at radius 2 is 1.78 bits per heavy atom. The van der Waals surface area contributed by atoms with Gasteiger partial charge in [-0.25, -0.2) is 9.48 Å². The van der Waals surface area contributed by atoms with E-state index in [2.05, 4.69) is 24.0 Å². The number of nitrogens with zero attached hydrogens (tertiary/aromatic N) is 3. The summed E-state index contributed by atoms with van der Waals surface area (Å²) in [4.78, 5) is 28.1. The van der Waals surface area contributed by atoms with Crippen molar-refractivity contribution in [2.45, 2.75) is 70.8 Å². The Kier molecular flexibility index (Phi) is 6.95. The monoisotopic (exact) mass is 485 g/mol. The molecule has 3 aromatic rings. The summed E-state index contributed by atoms with van der Waals surface area (Å²) < 4.78 is 6.96. The van der Waals surface area contributed by atoms with E-state index in [1.165, 1.54) is 13.5 Å². The van der Waals surface area contributed by atoms with E-state index in [4.69, 9.17) is 9.84 Å². The summed E-state index contributed by atoms with van der Waals surface area (Å²) in [5, 5.41) is 4.73. The molecular weight excluding hydrogens is 450 g/mol. The number of esters is 1. The predicted octanol–water partition coefficient (Wildman–Crippen LogP) is 6.31. The Hall–Kier alpha value is -3.41. The van der Waals surface area contributed by atoms with Gasteiger partial charge in [0.05, 0.1) is 24.2 Å². The lowest BCUT2D eigenvalue weighted by Crippen LogP contribution is -2.43. The van der Waals surface area contributed by atoms with E-state index in [-0.39, 0.29) is 11.9 Å². The molecule has 1 aliphatic heterocycles. The van der Waals surface area contributed by atoms with E-state index in [1.54, 1.807) is 0 Å². The number of carbonyl (C=O) groups excluding carboxylic acids is 2. The summed E-state index contributed by atoms with van der Waals surface area (Å²) in [7, 11) is 1.42. The second-order valence-electron chi connectivity index (χ2n) is 10.1. The first-order chi connectivity index (χ1) is 17.5. The van der Waals surface area contributed by atoms with E-state index >= 15 is 0 Å². The Bertz CT molecular complexity index is 1270. The molecule has 2 aromatic carbocycles. The fourth-order valence-corrected chi connectivity index (χ4v) is 5.55. The standard InChI is InChI=1S/C30H35N3O3/c1-4-9-25-13-5-6-17-32(25)29(34)24-12-7-10-22(18-24)23-11-8-14-26(19-23)33-28(21-15-16-21)27(20(2)31-33)30(35)36-3/h7-8,10-12,14,18-19,21,25H,4-6,9,13,15-17H2,1-3H3. The number of hydrogen-bond acceptors (Lipinski definition) is 4. The van der Waals surface area contributed by atoms with Crippen molar-refractivity contribution in [1.82, 2.24) is 14.7 Å². The first kappa shape index (κ1) is 24.3. The molecule has 6 heteroatoms. The van der Waals surface area contributed by atoms with Crippen LogP contribution < -0.4 is 0 Å². The van der Waals surface area contributed by atoms with Crippen molar-refractivity contribution in [3.63, 3.8) is 0 Å². The zero-order valence-electron chi connectivity index (χ0n) is 21.5. The van der Waals surface area contributed by atoms with Crippen LogP contribution in [0.1, 0.15) is 89.9 Å². The predicted molar refractivity (Wildman–Crippen MR) is 141 cm³/mol. The number of benzene rings is 2. The molecule has 0 radical (unpaired) electrons. The van der Waals surface area contributed by atoms with Gasteiger partial charge in [0.25, 0.3) is 5.91 Å². The first-order valence-electron chi connectivity index (χ1n) is 13.2. The van der Waals surface area contributed by atoms with Gasteiger partial charge in [-0.2, -0.15) is 5.10 Å². The van der Waals surface area contributed by atoms with Crippen LogP contribution in [0.5, 0.6) is 0 Å². The normalized spacial score (nSPS) is 17.8. The van der Waals surface area contributed by atoms with Crippen LogP contribution in [-0.2, 0) is 4.74 Å². The van der Waals surface area contributed by atoms with Gasteiger partial charge in [-0.3, -0.25) is 4.79 Å². The lowest BCUT2D eigenvalue weighted by Gasteiger charge is -2.36. The number of likely N-dealkylation sites (tertiary alicyclic amines) is 1. The van der Waals surface area contributed by atoms with Crippen molar-refractivity contribution >= 4 is 11.9 Å². The van der Waals surface area contributed by atoms with Gasteiger partial charge in [0.1, 0.15) is 5.56 Å². The van der Waals surface area contributed by atoms with Crippen molar-refractivity contribution in [2.75, 3.05) is 13.7 Å². The van der Waals surface area contributed by atoms with Crippen LogP contribution in [-0.4, -0.2) is 46.3 Å². The molecule has 0 N–H and O–H groups in total. The Balaban J connectivity index is 1.48. The summed E-state index contributed by atoms with van der Waals surface area (Å²) in [6, 6.07) is 16.5. The number of ether oxygens (including phenoxy) is 1. The smallest absolute Gasteiger partial charge is 0.341 e. The molecule has 1 aromatic heterocycles. The number of methoxy groups -OCH3 is 1. The maximum Gasteiger partial charge on any atom is 0.341 e. The van der Waals surface area contributed by atoms with Crippen LogP contribution in [0, 0.1) is 6.92 Å². The summed E-state index contributed by atoms with van der Waals surface area (Å²) in [6.07, 6.45) is 7.63. The van der Waals surface area contributed by atoms with Gasteiger partial charge >= 0.3 is 5.97 Å². The highest BCUT2D eigenvalue weighted by Gasteiger charge is 2.35. The molecule has 1 amide bonds. The number of aromatic nitrogens is 2. The molecular formula is C30H35N3O3. The van der Waals surface area contributed by atoms with Crippen molar-refractivity contribution in [3.8, 4) is 16.8 Å². The largest absolute Gasteiger partial charge is 0.465 e. The minimum absolute atomic E-state index is 0.132. The van der Waals surface area contributed by atoms with Crippen LogP contribution in [0.25, 0.3) is 16.8 Å². The molecule has 0 spiro atoms. The van der Waals surface area contributed by atoms with E-state index in [0.29, 0.717) is 23.2 Å². The van der Waals surface area contributed by atoms with E-state index in [9.17, 15) is 9.59 Å². The van der Waals surface area contributed by atoms with Crippen molar-refractivity contribution < 1.29 is 14.3 Å². The van der Waals surface area contributed by atoms with Crippen LogP contribution >= 0.6 is 0 Å². The molecule has 2 aliphatic rings. The first-order valence-corrected chi connectivity index (χ1v) is 13.2. The van der Waals surface area contributed by atoms with Gasteiger partial charge < -0.3 is 9.64 Å². The zero-order valence-corrected chi connectivity index (χ0v) is 21.5. The average molecular weight is 486 g/mol. The quantitative estimate of drug-likeness (QED) is 0.368. The summed E-state index contributed by atoms with van der Waals surface area (Å²) in [6.45, 7) is 4.89. The fraction of sp³-hybridized carbons (Fsp3) is 0.433. The number of carbonyl (C=O) groups is 2. The van der Waals surface area contributed by atoms with Crippen LogP contribution in [0.4, 0.5) is 0 Å². The fourth-order valence-electron chi connectivity index (χ4n) is 5.55. The Labute approximate surface area is 213 Å². The third kappa shape index (κ3) is 4.69. The molecule has 6 nitrogen and oxygen atoms in total. The average Bonchev–Trinajstić information content (AvgIpc) is 3.70. The van der Waals surface area contributed by atoms with Gasteiger partial charge in [0, 0.05) is 24.1 Å². The topological polar surface area (TPSA) is 64.4 Å². The molecule has 36 heavy (non-hydrogen) atoms. The number of aryl methyl sites for hydroxylation is 1. The van der Waals surface area contributed by atoms with Crippen molar-refractivity contribution in [3.05, 3.63) is 71.0 Å². The highest BCUT2D eigenvalue weighted by Crippen LogP contribution is 2.43. The van der Waals surface area contributed by atoms with Gasteiger partial charge in [0.15, 0.2) is 0 Å². The van der Waals surface area contributed by atoms with E-state index in [0.717, 1.165) is 73.1 Å². The summed E-state index contributed by atoms with van der Waals surface area (Å²) in [5.74, 6) is 0.125. The molecule has 1 saturated carbocycles. The maximum atomic E-state index is 13.5. The van der Waals surface area contributed by atoms with Crippen LogP contribution in [0.2, 0.25) is 0 Å². The lowest BCUT2D eigenvalue weighted by molar-refractivity contribution is 0.0591. The molecule has 188 valence electrons. The molecule has 2 fully saturated rings. The summed E-state index contributed by atoms with van der Waals surface area (Å²) >= 11 is 0. The zero-order chi connectivity index (χ0) is 25.2. The molecule has 0 bridgehead atoms. The van der Waals surface area contributed by atoms with Crippen LogP contribution in [0.15, 0.2) is 48.5 Å². The van der Waals surface area contributed by atoms with Gasteiger partial charge in [-0.1, -0.05) is 37.6 Å². The SMILES string of the molecule is CCCC1CCCCN1C(=O)c1cccc(-c2cccc(-n3nc(C)c(C(=O)OC)c3C3CC3)c2)c1. The van der Waals surface area contributed by atoms with Crippen molar-refractivity contribution in [1.29, 1.82) is 0 Å². The Morgan fingerprint density at radius 3 is 2.50 bits per heavy atom. The van der Waals surface area contributed by atoms with Gasteiger partial charge in [-0.05, 0) is 80.8 Å². The molecule has 1 unspecified atom stereocenters. The lowest BCUT2D eigenvalue weighted by atomic mass is 9.96. The molecule has 2 heterocycles. The van der Waals surface area contributed by atoms with Gasteiger partial charge in [0.2, 0.25) is 0 Å². The number of amides is 1. The molecule has 5 rings (SSSR count). The summed E-state index contributed by atoms with van der Waals surface area (Å²) in [5.41, 5.74) is 5.86. The number of rotatable bonds is 7. The second-order valence-corrected chi connectivity index (χ2v) is 10.1. The Morgan fingerprint density at radius 1 is 1.03 bits per heavy atom. The third-order valence-corrected chi connectivity index (χ3v) is 7.49. The van der Waals surface area contributed by atoms with Crippen molar-refractivity contribution in [2.24, 2.45) is 0 Å². The third-order valence-electron chi connectivity index (χ3n) is 7.49. The van der Waals surface area contributed by atoms with E-state index < -0.39 is 0 Å². The minimum atomic E-state index is -0.331. The number of hydrogen-bond donors (Lipinski definition) is 0. The molecule has 1 saturated heterocycles. The maximum absolute atomic E-state index is 13.5.